The highest BCUT2D eigenvalue weighted by atomic mass is 16.2. The number of carbonyl (C=O) groups excluding carboxylic acids is 3. The molecule has 1 saturated heterocycles. The monoisotopic (exact) mass is 525 g/mol. The molecule has 0 radical (unpaired) electrons. The van der Waals surface area contributed by atoms with Gasteiger partial charge in [-0.25, -0.2) is 4.98 Å². The number of aromatic nitrogens is 4. The molecule has 2 aromatic heterocycles. The van der Waals surface area contributed by atoms with Crippen molar-refractivity contribution in [3.05, 3.63) is 78.1 Å². The molecule has 0 saturated carbocycles. The molecule has 2 aromatic carbocycles. The number of hydrogen-bond donors (Lipinski definition) is 1. The number of nitrogens with zero attached hydrogens (tertiary/aromatic N) is 6. The number of fused-ring (bicyclic) bond motifs is 2. The van der Waals surface area contributed by atoms with Crippen LogP contribution in [0.2, 0.25) is 0 Å². The molecule has 1 N–H and O–H groups in total. The van der Waals surface area contributed by atoms with Crippen molar-refractivity contribution in [1.82, 2.24) is 34.4 Å². The third-order valence-electron chi connectivity index (χ3n) is 6.81. The van der Waals surface area contributed by atoms with Gasteiger partial charge in [-0.3, -0.25) is 28.4 Å². The average molecular weight is 526 g/mol. The lowest BCUT2D eigenvalue weighted by atomic mass is 10.0. The molecule has 0 unspecified atom stereocenters. The summed E-state index contributed by atoms with van der Waals surface area (Å²) in [7, 11) is 1.85. The van der Waals surface area contributed by atoms with Crippen LogP contribution in [0.1, 0.15) is 6.92 Å². The first-order valence-corrected chi connectivity index (χ1v) is 12.3. The van der Waals surface area contributed by atoms with E-state index in [-0.39, 0.29) is 17.3 Å². The molecule has 0 aliphatic carbocycles. The van der Waals surface area contributed by atoms with Gasteiger partial charge in [0.1, 0.15) is 12.0 Å². The number of aryl methyl sites for hydroxylation is 1. The lowest BCUT2D eigenvalue weighted by Gasteiger charge is -2.34. The SMILES string of the molecule is C=C(NC(=O)C(=C)n1cnc2c(-c3ccc4cn(C)nc4c3)cccc2c1=O)C(=O)N1CCN(C(C)=O)CC1. The summed E-state index contributed by atoms with van der Waals surface area (Å²) in [4.78, 5) is 58.2. The number of nitrogens with one attached hydrogen (secondary N) is 1. The molecule has 4 aromatic rings. The van der Waals surface area contributed by atoms with Gasteiger partial charge >= 0.3 is 0 Å². The Morgan fingerprint density at radius 1 is 1.00 bits per heavy atom. The van der Waals surface area contributed by atoms with Gasteiger partial charge in [0.2, 0.25) is 5.91 Å². The molecule has 0 spiro atoms. The summed E-state index contributed by atoms with van der Waals surface area (Å²) in [5.74, 6) is -1.27. The fraction of sp³-hybridized carbons (Fsp3) is 0.214. The zero-order chi connectivity index (χ0) is 27.8. The average Bonchev–Trinajstić information content (AvgIpc) is 3.31. The molecule has 11 nitrogen and oxygen atoms in total. The van der Waals surface area contributed by atoms with Gasteiger partial charge in [-0.1, -0.05) is 37.4 Å². The lowest BCUT2D eigenvalue weighted by Crippen LogP contribution is -2.51. The number of para-hydroxylation sites is 1. The van der Waals surface area contributed by atoms with Gasteiger partial charge in [0, 0.05) is 57.3 Å². The molecule has 3 amide bonds. The van der Waals surface area contributed by atoms with Gasteiger partial charge in [-0.2, -0.15) is 5.10 Å². The quantitative estimate of drug-likeness (QED) is 0.396. The van der Waals surface area contributed by atoms with E-state index in [9.17, 15) is 19.2 Å². The minimum absolute atomic E-state index is 0.0543. The van der Waals surface area contributed by atoms with Crippen molar-refractivity contribution in [3.63, 3.8) is 0 Å². The molecular formula is C28H27N7O4. The second kappa shape index (κ2) is 10.0. The normalized spacial score (nSPS) is 13.5. The summed E-state index contributed by atoms with van der Waals surface area (Å²) in [6, 6.07) is 11.1. The van der Waals surface area contributed by atoms with E-state index in [4.69, 9.17) is 0 Å². The second-order valence-electron chi connectivity index (χ2n) is 9.38. The molecule has 1 fully saturated rings. The fourth-order valence-corrected chi connectivity index (χ4v) is 4.67. The third kappa shape index (κ3) is 4.81. The third-order valence-corrected chi connectivity index (χ3v) is 6.81. The first-order valence-electron chi connectivity index (χ1n) is 12.3. The summed E-state index contributed by atoms with van der Waals surface area (Å²) in [5.41, 5.74) is 2.08. The Morgan fingerprint density at radius 2 is 1.72 bits per heavy atom. The highest BCUT2D eigenvalue weighted by molar-refractivity contribution is 6.15. The van der Waals surface area contributed by atoms with Gasteiger partial charge in [0.25, 0.3) is 17.4 Å². The maximum absolute atomic E-state index is 13.4. The summed E-state index contributed by atoms with van der Waals surface area (Å²) in [6.07, 6.45) is 3.17. The number of rotatable bonds is 5. The maximum Gasteiger partial charge on any atom is 0.272 e. The molecule has 0 atom stereocenters. The predicted molar refractivity (Wildman–Crippen MR) is 147 cm³/mol. The number of piperazine rings is 1. The van der Waals surface area contributed by atoms with Crippen molar-refractivity contribution >= 4 is 45.2 Å². The molecule has 3 heterocycles. The Bertz CT molecular complexity index is 1740. The van der Waals surface area contributed by atoms with Gasteiger partial charge in [0.15, 0.2) is 0 Å². The Morgan fingerprint density at radius 3 is 2.44 bits per heavy atom. The predicted octanol–water partition coefficient (Wildman–Crippen LogP) is 1.74. The minimum atomic E-state index is -0.754. The van der Waals surface area contributed by atoms with Gasteiger partial charge in [0.05, 0.1) is 22.1 Å². The van der Waals surface area contributed by atoms with Crippen molar-refractivity contribution in [1.29, 1.82) is 0 Å². The highest BCUT2D eigenvalue weighted by Gasteiger charge is 2.25. The van der Waals surface area contributed by atoms with Crippen LogP contribution in [0.4, 0.5) is 0 Å². The Hall–Kier alpha value is -5.06. The van der Waals surface area contributed by atoms with E-state index in [1.807, 2.05) is 37.5 Å². The number of benzene rings is 2. The van der Waals surface area contributed by atoms with Gasteiger partial charge < -0.3 is 15.1 Å². The van der Waals surface area contributed by atoms with E-state index in [0.29, 0.717) is 37.1 Å². The number of carbonyl (C=O) groups is 3. The second-order valence-corrected chi connectivity index (χ2v) is 9.38. The van der Waals surface area contributed by atoms with Crippen LogP contribution in [0, 0.1) is 0 Å². The van der Waals surface area contributed by atoms with Crippen LogP contribution in [0.5, 0.6) is 0 Å². The van der Waals surface area contributed by atoms with Crippen molar-refractivity contribution in [3.8, 4) is 11.1 Å². The standard InChI is InChI=1S/C28H27N7O4/c1-17(27(38)34-12-10-33(11-13-34)19(3)36)30-26(37)18(2)35-16-29-25-22(6-5-7-23(25)28(35)39)20-8-9-21-15-32(4)31-24(21)14-20/h5-9,14-16H,1-2,10-13H2,3-4H3,(H,30,37). The van der Waals surface area contributed by atoms with Crippen LogP contribution in [0.3, 0.4) is 0 Å². The summed E-state index contributed by atoms with van der Waals surface area (Å²) in [5, 5.41) is 8.20. The highest BCUT2D eigenvalue weighted by Crippen LogP contribution is 2.28. The summed E-state index contributed by atoms with van der Waals surface area (Å²) in [6.45, 7) is 10.4. The zero-order valence-electron chi connectivity index (χ0n) is 21.7. The topological polar surface area (TPSA) is 122 Å². The number of amides is 3. The molecule has 39 heavy (non-hydrogen) atoms. The largest absolute Gasteiger partial charge is 0.339 e. The maximum atomic E-state index is 13.4. The molecule has 198 valence electrons. The Kier molecular flexibility index (Phi) is 6.57. The summed E-state index contributed by atoms with van der Waals surface area (Å²) < 4.78 is 2.79. The van der Waals surface area contributed by atoms with Crippen LogP contribution >= 0.6 is 0 Å². The molecular weight excluding hydrogens is 498 g/mol. The first-order chi connectivity index (χ1) is 18.6. The van der Waals surface area contributed by atoms with Gasteiger partial charge in [-0.05, 0) is 17.7 Å². The van der Waals surface area contributed by atoms with Crippen molar-refractivity contribution in [2.45, 2.75) is 6.92 Å². The van der Waals surface area contributed by atoms with E-state index >= 15 is 0 Å². The molecule has 0 bridgehead atoms. The van der Waals surface area contributed by atoms with Crippen LogP contribution in [-0.2, 0) is 21.4 Å². The van der Waals surface area contributed by atoms with E-state index in [2.05, 4.69) is 28.6 Å². The molecule has 1 aliphatic heterocycles. The summed E-state index contributed by atoms with van der Waals surface area (Å²) >= 11 is 0. The van der Waals surface area contributed by atoms with Crippen molar-refractivity contribution in [2.75, 3.05) is 26.2 Å². The number of hydrogen-bond acceptors (Lipinski definition) is 6. The lowest BCUT2D eigenvalue weighted by molar-refractivity contribution is -0.136. The fourth-order valence-electron chi connectivity index (χ4n) is 4.67. The minimum Gasteiger partial charge on any atom is -0.339 e. The van der Waals surface area contributed by atoms with Crippen LogP contribution < -0.4 is 10.9 Å². The Balaban J connectivity index is 1.35. The van der Waals surface area contributed by atoms with Crippen LogP contribution in [0.15, 0.2) is 72.6 Å². The van der Waals surface area contributed by atoms with E-state index in [1.54, 1.807) is 21.7 Å². The van der Waals surface area contributed by atoms with E-state index in [1.165, 1.54) is 18.2 Å². The first kappa shape index (κ1) is 25.6. The molecule has 1 aliphatic rings. The van der Waals surface area contributed by atoms with Crippen LogP contribution in [-0.4, -0.2) is 73.0 Å². The molecule has 5 rings (SSSR count). The molecule has 11 heteroatoms. The van der Waals surface area contributed by atoms with E-state index in [0.717, 1.165) is 26.6 Å². The Labute approximate surface area is 223 Å². The van der Waals surface area contributed by atoms with Crippen molar-refractivity contribution < 1.29 is 14.4 Å². The zero-order valence-corrected chi connectivity index (χ0v) is 21.7. The van der Waals surface area contributed by atoms with E-state index < -0.39 is 17.4 Å². The van der Waals surface area contributed by atoms with Crippen molar-refractivity contribution in [2.24, 2.45) is 7.05 Å². The van der Waals surface area contributed by atoms with Gasteiger partial charge in [-0.15, -0.1) is 0 Å². The smallest absolute Gasteiger partial charge is 0.272 e. The van der Waals surface area contributed by atoms with Crippen LogP contribution in [0.25, 0.3) is 38.6 Å².